The maximum absolute atomic E-state index is 13.5. The van der Waals surface area contributed by atoms with E-state index < -0.39 is 17.7 Å². The number of hydrogen-bond acceptors (Lipinski definition) is 1. The lowest BCUT2D eigenvalue weighted by Gasteiger charge is -2.13. The van der Waals surface area contributed by atoms with Crippen LogP contribution in [-0.4, -0.2) is 5.11 Å². The molecule has 0 bridgehead atoms. The molecule has 0 heterocycles. The van der Waals surface area contributed by atoms with Gasteiger partial charge in [-0.3, -0.25) is 0 Å². The lowest BCUT2D eigenvalue weighted by molar-refractivity contribution is 0.157. The van der Waals surface area contributed by atoms with Crippen molar-refractivity contribution < 1.29 is 13.9 Å². The van der Waals surface area contributed by atoms with Gasteiger partial charge in [-0.1, -0.05) is 26.7 Å². The van der Waals surface area contributed by atoms with Gasteiger partial charge in [0.1, 0.15) is 11.6 Å². The number of aryl methyl sites for hydroxylation is 1. The fourth-order valence-corrected chi connectivity index (χ4v) is 1.81. The molecule has 1 aromatic carbocycles. The van der Waals surface area contributed by atoms with E-state index in [1.54, 1.807) is 6.92 Å². The average molecular weight is 242 g/mol. The van der Waals surface area contributed by atoms with Gasteiger partial charge in [-0.2, -0.15) is 0 Å². The van der Waals surface area contributed by atoms with Crippen molar-refractivity contribution in [1.82, 2.24) is 0 Å². The molecule has 1 N–H and O–H groups in total. The largest absolute Gasteiger partial charge is 0.388 e. The van der Waals surface area contributed by atoms with Gasteiger partial charge in [-0.05, 0) is 30.9 Å². The van der Waals surface area contributed by atoms with Crippen molar-refractivity contribution in [3.8, 4) is 0 Å². The minimum Gasteiger partial charge on any atom is -0.388 e. The minimum absolute atomic E-state index is 0.202. The van der Waals surface area contributed by atoms with E-state index in [-0.39, 0.29) is 5.56 Å². The van der Waals surface area contributed by atoms with Gasteiger partial charge < -0.3 is 5.11 Å². The van der Waals surface area contributed by atoms with Gasteiger partial charge in [0.15, 0.2) is 0 Å². The molecule has 0 radical (unpaired) electrons. The summed E-state index contributed by atoms with van der Waals surface area (Å²) in [6, 6.07) is 2.24. The van der Waals surface area contributed by atoms with Crippen LogP contribution >= 0.6 is 0 Å². The lowest BCUT2D eigenvalue weighted by Crippen LogP contribution is -2.03. The zero-order valence-corrected chi connectivity index (χ0v) is 10.6. The van der Waals surface area contributed by atoms with E-state index >= 15 is 0 Å². The van der Waals surface area contributed by atoms with Crippen LogP contribution in [0.5, 0.6) is 0 Å². The molecule has 0 fully saturated rings. The molecular weight excluding hydrogens is 222 g/mol. The molecule has 0 saturated carbocycles. The lowest BCUT2D eigenvalue weighted by atomic mass is 9.98. The third-order valence-corrected chi connectivity index (χ3v) is 2.90. The molecular formula is C14H20F2O. The molecule has 1 aromatic rings. The van der Waals surface area contributed by atoms with Gasteiger partial charge in [0.05, 0.1) is 6.10 Å². The van der Waals surface area contributed by atoms with Crippen LogP contribution in [0.15, 0.2) is 12.1 Å². The van der Waals surface area contributed by atoms with Crippen molar-refractivity contribution in [3.63, 3.8) is 0 Å². The highest BCUT2D eigenvalue weighted by molar-refractivity contribution is 5.27. The van der Waals surface area contributed by atoms with Crippen molar-refractivity contribution in [2.75, 3.05) is 0 Å². The normalized spacial score (nSPS) is 13.1. The van der Waals surface area contributed by atoms with Gasteiger partial charge in [-0.25, -0.2) is 8.78 Å². The predicted octanol–water partition coefficient (Wildman–Crippen LogP) is 4.13. The second kappa shape index (κ2) is 6.10. The Balaban J connectivity index is 2.68. The molecule has 0 saturated heterocycles. The first kappa shape index (κ1) is 14.1. The molecule has 96 valence electrons. The molecule has 1 nitrogen and oxygen atoms in total. The second-order valence-corrected chi connectivity index (χ2v) is 4.96. The summed E-state index contributed by atoms with van der Waals surface area (Å²) in [6.45, 7) is 5.78. The van der Waals surface area contributed by atoms with E-state index in [0.717, 1.165) is 18.9 Å². The van der Waals surface area contributed by atoms with Crippen LogP contribution in [0.1, 0.15) is 50.3 Å². The summed E-state index contributed by atoms with van der Waals surface area (Å²) < 4.78 is 26.5. The van der Waals surface area contributed by atoms with Crippen LogP contribution < -0.4 is 0 Å². The zero-order chi connectivity index (χ0) is 13.0. The molecule has 17 heavy (non-hydrogen) atoms. The van der Waals surface area contributed by atoms with Crippen LogP contribution in [0.25, 0.3) is 0 Å². The monoisotopic (exact) mass is 242 g/mol. The Morgan fingerprint density at radius 3 is 2.35 bits per heavy atom. The smallest absolute Gasteiger partial charge is 0.131 e. The Labute approximate surface area is 101 Å². The minimum atomic E-state index is -0.840. The highest BCUT2D eigenvalue weighted by Crippen LogP contribution is 2.25. The average Bonchev–Trinajstić information content (AvgIpc) is 2.22. The van der Waals surface area contributed by atoms with Gasteiger partial charge in [0.2, 0.25) is 0 Å². The second-order valence-electron chi connectivity index (χ2n) is 4.96. The number of halogens is 2. The topological polar surface area (TPSA) is 20.2 Å². The SMILES string of the molecule is Cc1cc(C(O)CCCC(C)C)c(F)cc1F. The first-order chi connectivity index (χ1) is 7.91. The van der Waals surface area contributed by atoms with Crippen LogP contribution in [0.3, 0.4) is 0 Å². The number of benzene rings is 1. The highest BCUT2D eigenvalue weighted by atomic mass is 19.1. The van der Waals surface area contributed by atoms with Crippen LogP contribution in [0.2, 0.25) is 0 Å². The molecule has 1 atom stereocenters. The summed E-state index contributed by atoms with van der Waals surface area (Å²) in [5, 5.41) is 9.87. The standard InChI is InChI=1S/C14H20F2O/c1-9(2)5-4-6-14(17)11-7-10(3)12(15)8-13(11)16/h7-9,14,17H,4-6H2,1-3H3. The van der Waals surface area contributed by atoms with Gasteiger partial charge in [0.25, 0.3) is 0 Å². The molecule has 1 rings (SSSR count). The summed E-state index contributed by atoms with van der Waals surface area (Å²) in [4.78, 5) is 0. The summed E-state index contributed by atoms with van der Waals surface area (Å²) in [7, 11) is 0. The van der Waals surface area contributed by atoms with E-state index in [2.05, 4.69) is 13.8 Å². The van der Waals surface area contributed by atoms with Crippen molar-refractivity contribution >= 4 is 0 Å². The Morgan fingerprint density at radius 2 is 1.76 bits per heavy atom. The summed E-state index contributed by atoms with van der Waals surface area (Å²) in [5.41, 5.74) is 0.567. The van der Waals surface area contributed by atoms with Gasteiger partial charge >= 0.3 is 0 Å². The Kier molecular flexibility index (Phi) is 5.06. The van der Waals surface area contributed by atoms with Crippen LogP contribution in [-0.2, 0) is 0 Å². The first-order valence-electron chi connectivity index (χ1n) is 6.05. The Bertz CT molecular complexity index is 375. The fourth-order valence-electron chi connectivity index (χ4n) is 1.81. The Hall–Kier alpha value is -0.960. The van der Waals surface area contributed by atoms with Crippen molar-refractivity contribution in [2.24, 2.45) is 5.92 Å². The molecule has 3 heteroatoms. The quantitative estimate of drug-likeness (QED) is 0.823. The van der Waals surface area contributed by atoms with Gasteiger partial charge in [0, 0.05) is 11.6 Å². The highest BCUT2D eigenvalue weighted by Gasteiger charge is 2.15. The maximum atomic E-state index is 13.5. The van der Waals surface area contributed by atoms with Crippen molar-refractivity contribution in [3.05, 3.63) is 34.9 Å². The zero-order valence-electron chi connectivity index (χ0n) is 10.6. The number of hydrogen-bond donors (Lipinski definition) is 1. The van der Waals surface area contributed by atoms with E-state index in [9.17, 15) is 13.9 Å². The van der Waals surface area contributed by atoms with Crippen molar-refractivity contribution in [1.29, 1.82) is 0 Å². The first-order valence-corrected chi connectivity index (χ1v) is 6.05. The summed E-state index contributed by atoms with van der Waals surface area (Å²) >= 11 is 0. The molecule has 0 aromatic heterocycles. The number of aliphatic hydroxyl groups is 1. The fraction of sp³-hybridized carbons (Fsp3) is 0.571. The van der Waals surface area contributed by atoms with E-state index in [1.165, 1.54) is 6.07 Å². The van der Waals surface area contributed by atoms with Crippen LogP contribution in [0.4, 0.5) is 8.78 Å². The Morgan fingerprint density at radius 1 is 1.12 bits per heavy atom. The molecule has 0 spiro atoms. The van der Waals surface area contributed by atoms with E-state index in [0.29, 0.717) is 17.9 Å². The van der Waals surface area contributed by atoms with E-state index in [4.69, 9.17) is 0 Å². The summed E-state index contributed by atoms with van der Waals surface area (Å²) in [6.07, 6.45) is 1.52. The number of rotatable bonds is 5. The molecule has 0 amide bonds. The van der Waals surface area contributed by atoms with Crippen molar-refractivity contribution in [2.45, 2.75) is 46.1 Å². The van der Waals surface area contributed by atoms with E-state index in [1.807, 2.05) is 0 Å². The van der Waals surface area contributed by atoms with Gasteiger partial charge in [-0.15, -0.1) is 0 Å². The number of aliphatic hydroxyl groups excluding tert-OH is 1. The molecule has 0 aliphatic carbocycles. The molecule has 1 unspecified atom stereocenters. The molecule has 0 aliphatic rings. The maximum Gasteiger partial charge on any atom is 0.131 e. The predicted molar refractivity (Wildman–Crippen MR) is 64.7 cm³/mol. The third kappa shape index (κ3) is 4.08. The molecule has 0 aliphatic heterocycles. The van der Waals surface area contributed by atoms with Crippen LogP contribution in [0, 0.1) is 24.5 Å². The summed E-state index contributed by atoms with van der Waals surface area (Å²) in [5.74, 6) is -0.659. The third-order valence-electron chi connectivity index (χ3n) is 2.90.